The summed E-state index contributed by atoms with van der Waals surface area (Å²) in [5.41, 5.74) is 1.96. The van der Waals surface area contributed by atoms with E-state index in [1.807, 2.05) is 68.2 Å². The number of fused-ring (bicyclic) bond motifs is 1. The first-order chi connectivity index (χ1) is 12.5. The number of aromatic nitrogens is 2. The maximum atomic E-state index is 12.6. The van der Waals surface area contributed by atoms with Crippen molar-refractivity contribution in [1.82, 2.24) is 20.2 Å². The molecule has 0 unspecified atom stereocenters. The van der Waals surface area contributed by atoms with Gasteiger partial charge in [-0.3, -0.25) is 4.79 Å². The molecule has 0 spiro atoms. The van der Waals surface area contributed by atoms with Crippen molar-refractivity contribution in [1.29, 1.82) is 0 Å². The number of anilines is 2. The quantitative estimate of drug-likeness (QED) is 0.724. The van der Waals surface area contributed by atoms with Crippen molar-refractivity contribution < 1.29 is 4.79 Å². The van der Waals surface area contributed by atoms with E-state index in [2.05, 4.69) is 15.3 Å². The Balaban J connectivity index is 1.95. The van der Waals surface area contributed by atoms with E-state index in [9.17, 15) is 4.79 Å². The van der Waals surface area contributed by atoms with Crippen LogP contribution in [-0.4, -0.2) is 55.0 Å². The highest BCUT2D eigenvalue weighted by atomic mass is 32.1. The van der Waals surface area contributed by atoms with E-state index in [-0.39, 0.29) is 5.91 Å². The molecule has 2 aromatic heterocycles. The zero-order chi connectivity index (χ0) is 18.7. The first-order valence-corrected chi connectivity index (χ1v) is 9.26. The fourth-order valence-electron chi connectivity index (χ4n) is 2.77. The van der Waals surface area contributed by atoms with E-state index >= 15 is 0 Å². The Morgan fingerprint density at radius 2 is 1.88 bits per heavy atom. The second-order valence-electron chi connectivity index (χ2n) is 6.39. The minimum absolute atomic E-state index is 0.0549. The van der Waals surface area contributed by atoms with Gasteiger partial charge in [-0.2, -0.15) is 0 Å². The predicted octanol–water partition coefficient (Wildman–Crippen LogP) is 3.06. The number of amides is 1. The molecule has 6 nitrogen and oxygen atoms in total. The predicted molar refractivity (Wildman–Crippen MR) is 108 cm³/mol. The highest BCUT2D eigenvalue weighted by Gasteiger charge is 2.21. The van der Waals surface area contributed by atoms with Crippen LogP contribution in [0, 0.1) is 6.92 Å². The van der Waals surface area contributed by atoms with Crippen molar-refractivity contribution >= 4 is 39.0 Å². The van der Waals surface area contributed by atoms with Gasteiger partial charge in [-0.05, 0) is 38.7 Å². The van der Waals surface area contributed by atoms with Crippen LogP contribution in [0.2, 0.25) is 0 Å². The highest BCUT2D eigenvalue weighted by Crippen LogP contribution is 2.36. The first kappa shape index (κ1) is 18.3. The summed E-state index contributed by atoms with van der Waals surface area (Å²) in [4.78, 5) is 27.0. The molecule has 26 heavy (non-hydrogen) atoms. The summed E-state index contributed by atoms with van der Waals surface area (Å²) >= 11 is 1.41. The average Bonchev–Trinajstić information content (AvgIpc) is 2.98. The standard InChI is InChI=1S/C19H23N5OS/c1-13-15-17(24(4)14-8-6-5-7-9-14)21-12-22-19(15)26-16(13)18(25)20-10-11-23(2)3/h5-9,12H,10-11H2,1-4H3,(H,20,25). The van der Waals surface area contributed by atoms with E-state index in [4.69, 9.17) is 0 Å². The van der Waals surface area contributed by atoms with Crippen LogP contribution >= 0.6 is 11.3 Å². The number of nitrogens with one attached hydrogen (secondary N) is 1. The zero-order valence-corrected chi connectivity index (χ0v) is 16.3. The molecule has 0 atom stereocenters. The van der Waals surface area contributed by atoms with Crippen LogP contribution in [0.25, 0.3) is 10.2 Å². The maximum Gasteiger partial charge on any atom is 0.261 e. The number of benzene rings is 1. The number of nitrogens with zero attached hydrogens (tertiary/aromatic N) is 4. The molecule has 0 saturated heterocycles. The third kappa shape index (κ3) is 3.68. The van der Waals surface area contributed by atoms with E-state index < -0.39 is 0 Å². The van der Waals surface area contributed by atoms with Crippen molar-refractivity contribution in [2.45, 2.75) is 6.92 Å². The van der Waals surface area contributed by atoms with Crippen LogP contribution in [0.5, 0.6) is 0 Å². The van der Waals surface area contributed by atoms with Gasteiger partial charge in [0, 0.05) is 25.8 Å². The molecule has 7 heteroatoms. The molecular weight excluding hydrogens is 346 g/mol. The summed E-state index contributed by atoms with van der Waals surface area (Å²) in [7, 11) is 5.95. The summed E-state index contributed by atoms with van der Waals surface area (Å²) in [6.07, 6.45) is 1.56. The van der Waals surface area contributed by atoms with Crippen LogP contribution < -0.4 is 10.2 Å². The SMILES string of the molecule is Cc1c(C(=O)NCCN(C)C)sc2ncnc(N(C)c3ccccc3)c12. The summed E-state index contributed by atoms with van der Waals surface area (Å²) in [6, 6.07) is 10.0. The molecule has 1 N–H and O–H groups in total. The number of carbonyl (C=O) groups excluding carboxylic acids is 1. The van der Waals surface area contributed by atoms with Crippen LogP contribution in [-0.2, 0) is 0 Å². The summed E-state index contributed by atoms with van der Waals surface area (Å²) < 4.78 is 0. The van der Waals surface area contributed by atoms with Gasteiger partial charge in [0.25, 0.3) is 5.91 Å². The molecule has 0 aliphatic rings. The van der Waals surface area contributed by atoms with Gasteiger partial charge in [0.2, 0.25) is 0 Å². The number of rotatable bonds is 6. The molecule has 0 aliphatic heterocycles. The van der Waals surface area contributed by atoms with Crippen molar-refractivity contribution in [3.63, 3.8) is 0 Å². The second-order valence-corrected chi connectivity index (χ2v) is 7.39. The zero-order valence-electron chi connectivity index (χ0n) is 15.5. The lowest BCUT2D eigenvalue weighted by Gasteiger charge is -2.19. The molecule has 2 heterocycles. The molecule has 0 aliphatic carbocycles. The van der Waals surface area contributed by atoms with E-state index in [1.165, 1.54) is 11.3 Å². The summed E-state index contributed by atoms with van der Waals surface area (Å²) in [5, 5.41) is 3.91. The summed E-state index contributed by atoms with van der Waals surface area (Å²) in [6.45, 7) is 3.38. The van der Waals surface area contributed by atoms with Gasteiger partial charge in [-0.25, -0.2) is 9.97 Å². The Hall–Kier alpha value is -2.51. The van der Waals surface area contributed by atoms with Crippen molar-refractivity contribution in [3.05, 3.63) is 47.1 Å². The largest absolute Gasteiger partial charge is 0.350 e. The molecule has 0 radical (unpaired) electrons. The van der Waals surface area contributed by atoms with Gasteiger partial charge in [-0.1, -0.05) is 18.2 Å². The number of hydrogen-bond donors (Lipinski definition) is 1. The van der Waals surface area contributed by atoms with E-state index in [0.29, 0.717) is 11.4 Å². The smallest absolute Gasteiger partial charge is 0.261 e. The molecule has 3 rings (SSSR count). The molecule has 3 aromatic rings. The molecule has 1 aromatic carbocycles. The van der Waals surface area contributed by atoms with Gasteiger partial charge >= 0.3 is 0 Å². The fourth-order valence-corrected chi connectivity index (χ4v) is 3.83. The first-order valence-electron chi connectivity index (χ1n) is 8.45. The minimum atomic E-state index is -0.0549. The topological polar surface area (TPSA) is 61.4 Å². The maximum absolute atomic E-state index is 12.6. The number of thiophene rings is 1. The Labute approximate surface area is 157 Å². The van der Waals surface area contributed by atoms with Gasteiger partial charge in [0.1, 0.15) is 17.0 Å². The van der Waals surface area contributed by atoms with Gasteiger partial charge in [-0.15, -0.1) is 11.3 Å². The van der Waals surface area contributed by atoms with Crippen molar-refractivity contribution in [3.8, 4) is 0 Å². The van der Waals surface area contributed by atoms with Gasteiger partial charge < -0.3 is 15.1 Å². The Kier molecular flexibility index (Phi) is 5.49. The lowest BCUT2D eigenvalue weighted by Crippen LogP contribution is -2.31. The minimum Gasteiger partial charge on any atom is -0.350 e. The van der Waals surface area contributed by atoms with Crippen LogP contribution in [0.3, 0.4) is 0 Å². The highest BCUT2D eigenvalue weighted by molar-refractivity contribution is 7.20. The molecule has 136 valence electrons. The second kappa shape index (κ2) is 7.80. The molecule has 0 bridgehead atoms. The molecule has 0 saturated carbocycles. The lowest BCUT2D eigenvalue weighted by molar-refractivity contribution is 0.0954. The Morgan fingerprint density at radius 3 is 2.58 bits per heavy atom. The Morgan fingerprint density at radius 1 is 1.15 bits per heavy atom. The number of aryl methyl sites for hydroxylation is 1. The number of hydrogen-bond acceptors (Lipinski definition) is 6. The number of carbonyl (C=O) groups is 1. The average molecular weight is 369 g/mol. The normalized spacial score (nSPS) is 11.1. The van der Waals surface area contributed by atoms with Crippen molar-refractivity contribution in [2.24, 2.45) is 0 Å². The fraction of sp³-hybridized carbons (Fsp3) is 0.316. The van der Waals surface area contributed by atoms with Gasteiger partial charge in [0.05, 0.1) is 10.3 Å². The van der Waals surface area contributed by atoms with E-state index in [1.54, 1.807) is 6.33 Å². The third-order valence-electron chi connectivity index (χ3n) is 4.22. The van der Waals surface area contributed by atoms with Crippen LogP contribution in [0.1, 0.15) is 15.2 Å². The van der Waals surface area contributed by atoms with Crippen LogP contribution in [0.15, 0.2) is 36.7 Å². The monoisotopic (exact) mass is 369 g/mol. The van der Waals surface area contributed by atoms with Crippen molar-refractivity contribution in [2.75, 3.05) is 39.1 Å². The van der Waals surface area contributed by atoms with E-state index in [0.717, 1.165) is 33.8 Å². The molecule has 1 amide bonds. The third-order valence-corrected chi connectivity index (χ3v) is 5.42. The van der Waals surface area contributed by atoms with Gasteiger partial charge in [0.15, 0.2) is 0 Å². The Bertz CT molecular complexity index is 907. The summed E-state index contributed by atoms with van der Waals surface area (Å²) in [5.74, 6) is 0.753. The molecular formula is C19H23N5OS. The number of para-hydroxylation sites is 1. The molecule has 0 fully saturated rings. The number of likely N-dealkylation sites (N-methyl/N-ethyl adjacent to an activating group) is 1. The van der Waals surface area contributed by atoms with Crippen LogP contribution in [0.4, 0.5) is 11.5 Å². The lowest BCUT2D eigenvalue weighted by atomic mass is 10.2.